The van der Waals surface area contributed by atoms with Crippen molar-refractivity contribution in [3.05, 3.63) is 251 Å². The van der Waals surface area contributed by atoms with Crippen LogP contribution in [0, 0.1) is 0 Å². The quantitative estimate of drug-likeness (QED) is 0.0354. The van der Waals surface area contributed by atoms with E-state index in [1.807, 2.05) is 0 Å². The van der Waals surface area contributed by atoms with Crippen molar-refractivity contribution in [3.8, 4) is 50.6 Å². The molecule has 0 fully saturated rings. The summed E-state index contributed by atoms with van der Waals surface area (Å²) in [5, 5.41) is 0. The van der Waals surface area contributed by atoms with E-state index in [4.69, 9.17) is 29.2 Å². The number of nitrogens with zero attached hydrogens (tertiary/aromatic N) is 3. The molecule has 0 spiro atoms. The molecule has 0 aliphatic carbocycles. The molecule has 3 aromatic heterocycles. The molecule has 0 radical (unpaired) electrons. The minimum Gasteiger partial charge on any atom is -0.494 e. The van der Waals surface area contributed by atoms with Gasteiger partial charge in [0.2, 0.25) is 0 Å². The van der Waals surface area contributed by atoms with Crippen LogP contribution in [0.1, 0.15) is 285 Å². The predicted molar refractivity (Wildman–Crippen MR) is 451 cm³/mol. The Morgan fingerprint density at radius 3 is 0.610 bits per heavy atom. The highest BCUT2D eigenvalue weighted by molar-refractivity contribution is 5.66. The zero-order chi connectivity index (χ0) is 73.7. The lowest BCUT2D eigenvalue weighted by molar-refractivity contribution is 0.304. The number of hydrogen-bond donors (Lipinski definition) is 0. The summed E-state index contributed by atoms with van der Waals surface area (Å²) >= 11 is 0. The van der Waals surface area contributed by atoms with Gasteiger partial charge in [0.25, 0.3) is 0 Å². The smallest absolute Gasteiger partial charge is 0.119 e. The molecule has 0 aliphatic heterocycles. The maximum absolute atomic E-state index is 5.93. The number of aromatic nitrogens is 3. The Morgan fingerprint density at radius 2 is 0.381 bits per heavy atom. The Morgan fingerprint density at radius 1 is 0.181 bits per heavy atom. The molecular formula is C99H135N3O3. The van der Waals surface area contributed by atoms with Gasteiger partial charge in [-0.1, -0.05) is 323 Å². The van der Waals surface area contributed by atoms with Crippen molar-refractivity contribution in [1.82, 2.24) is 15.0 Å². The van der Waals surface area contributed by atoms with E-state index in [0.717, 1.165) is 114 Å². The van der Waals surface area contributed by atoms with E-state index in [1.54, 1.807) is 0 Å². The van der Waals surface area contributed by atoms with Crippen LogP contribution >= 0.6 is 0 Å². The third kappa shape index (κ3) is 35.9. The molecule has 105 heavy (non-hydrogen) atoms. The molecule has 3 heterocycles. The summed E-state index contributed by atoms with van der Waals surface area (Å²) in [5.74, 6) is 2.90. The molecule has 6 nitrogen and oxygen atoms in total. The number of hydrogen-bond acceptors (Lipinski definition) is 6. The van der Waals surface area contributed by atoms with Crippen LogP contribution in [0.25, 0.3) is 33.4 Å². The highest BCUT2D eigenvalue weighted by Crippen LogP contribution is 2.28. The lowest BCUT2D eigenvalue weighted by Gasteiger charge is -2.08. The lowest BCUT2D eigenvalue weighted by Crippen LogP contribution is -1.97. The van der Waals surface area contributed by atoms with Crippen molar-refractivity contribution < 1.29 is 14.2 Å². The summed E-state index contributed by atoms with van der Waals surface area (Å²) in [6.45, 7) is 16.0. The van der Waals surface area contributed by atoms with E-state index in [-0.39, 0.29) is 0 Å². The zero-order valence-corrected chi connectivity index (χ0v) is 66.3. The Kier molecular flexibility index (Phi) is 43.3. The molecule has 9 aromatic rings. The minimum absolute atomic E-state index is 0.810. The van der Waals surface area contributed by atoms with Crippen LogP contribution in [-0.4, -0.2) is 34.8 Å². The molecule has 0 atom stereocenters. The number of aryl methyl sites for hydroxylation is 9. The summed E-state index contributed by atoms with van der Waals surface area (Å²) in [5.41, 5.74) is 19.2. The van der Waals surface area contributed by atoms with Crippen LogP contribution < -0.4 is 14.2 Å². The minimum atomic E-state index is 0.810. The first kappa shape index (κ1) is 84.4. The van der Waals surface area contributed by atoms with E-state index >= 15 is 0 Å². The van der Waals surface area contributed by atoms with Crippen molar-refractivity contribution in [2.45, 2.75) is 292 Å². The lowest BCUT2D eigenvalue weighted by atomic mass is 10.0. The van der Waals surface area contributed by atoms with Crippen LogP contribution in [0.4, 0.5) is 0 Å². The number of unbranched alkanes of at least 4 members (excludes halogenated alkanes) is 24. The molecular weight excluding hydrogens is 1280 g/mol. The molecule has 0 saturated heterocycles. The SMILES string of the molecule is CCCCCCCCOc1ccc(-c2ccc(CCc3ccc(CCCCCCC)cn3)cc2)cc1.CCCCCCCOc1ccc(-c2ccc(CCc3ccc(CCCCCCC)cn3)cc2)cc1.CCCCCCCc1ccc(CCc2ccc(-c3ccc(OCCCCCC)cc3)cc2)nc1. The second-order valence-corrected chi connectivity index (χ2v) is 29.4. The molecule has 0 N–H and O–H groups in total. The first-order valence-corrected chi connectivity index (χ1v) is 42.1. The third-order valence-electron chi connectivity index (χ3n) is 20.3. The predicted octanol–water partition coefficient (Wildman–Crippen LogP) is 28.2. The fourth-order valence-electron chi connectivity index (χ4n) is 13.4. The van der Waals surface area contributed by atoms with Crippen LogP contribution in [-0.2, 0) is 57.8 Å². The highest BCUT2D eigenvalue weighted by Gasteiger charge is 2.08. The van der Waals surface area contributed by atoms with Gasteiger partial charge in [0.05, 0.1) is 19.8 Å². The summed E-state index contributed by atoms with van der Waals surface area (Å²) in [4.78, 5) is 14.1. The van der Waals surface area contributed by atoms with Gasteiger partial charge < -0.3 is 14.2 Å². The van der Waals surface area contributed by atoms with E-state index < -0.39 is 0 Å². The van der Waals surface area contributed by atoms with E-state index in [0.29, 0.717) is 0 Å². The van der Waals surface area contributed by atoms with E-state index in [1.165, 1.54) is 257 Å². The average Bonchev–Trinajstić information content (AvgIpc) is 0.868. The van der Waals surface area contributed by atoms with E-state index in [2.05, 4.69) is 242 Å². The average molecular weight is 1420 g/mol. The van der Waals surface area contributed by atoms with Gasteiger partial charge in [-0.15, -0.1) is 0 Å². The van der Waals surface area contributed by atoms with Gasteiger partial charge in [0, 0.05) is 35.7 Å². The number of ether oxygens (including phenoxy) is 3. The first-order chi connectivity index (χ1) is 51.8. The van der Waals surface area contributed by atoms with Gasteiger partial charge in [-0.2, -0.15) is 0 Å². The molecule has 0 unspecified atom stereocenters. The zero-order valence-electron chi connectivity index (χ0n) is 66.3. The molecule has 9 rings (SSSR count). The maximum Gasteiger partial charge on any atom is 0.119 e. The largest absolute Gasteiger partial charge is 0.494 e. The number of benzene rings is 6. The molecule has 0 saturated carbocycles. The standard InChI is InChI=1S/C34H47NO.C33H45NO.C32H43NO/c1-3-5-7-9-11-13-27-36-34-25-21-32(22-26-34)31-19-15-29(16-20-31)17-23-33-24-18-30(28-35-33)14-12-10-8-6-4-2;1-3-5-7-9-11-13-29-17-23-32(34-27-29)22-16-28-14-18-30(19-15-28)31-20-24-33(25-21-31)35-26-12-10-8-6-4-2;1-3-5-7-9-10-12-28-16-22-31(33-26-28)21-15-27-13-17-29(18-14-27)30-19-23-32(24-20-30)34-25-11-8-6-4-2/h15-16,18-22,24-26,28H,3-14,17,23,27H2,1-2H3;14-15,17-21,23-25,27H,3-13,16,22,26H2,1-2H3;13-14,16-20,22-24,26H,3-12,15,21,25H2,1-2H3. The maximum atomic E-state index is 5.93. The second kappa shape index (κ2) is 53.9. The molecule has 0 bridgehead atoms. The van der Waals surface area contributed by atoms with Crippen molar-refractivity contribution in [1.29, 1.82) is 0 Å². The summed E-state index contributed by atoms with van der Waals surface area (Å²) in [6, 6.07) is 65.9. The van der Waals surface area contributed by atoms with Crippen molar-refractivity contribution in [2.75, 3.05) is 19.8 Å². The number of rotatable bonds is 51. The Bertz CT molecular complexity index is 3550. The Balaban J connectivity index is 0.000000220. The fraction of sp³-hybridized carbons (Fsp3) is 0.485. The van der Waals surface area contributed by atoms with E-state index in [9.17, 15) is 0 Å². The molecule has 6 aromatic carbocycles. The van der Waals surface area contributed by atoms with Crippen LogP contribution in [0.2, 0.25) is 0 Å². The molecule has 0 aliphatic rings. The van der Waals surface area contributed by atoms with Crippen LogP contribution in [0.3, 0.4) is 0 Å². The summed E-state index contributed by atoms with van der Waals surface area (Å²) in [7, 11) is 0. The Labute approximate surface area is 638 Å². The monoisotopic (exact) mass is 1410 g/mol. The van der Waals surface area contributed by atoms with Gasteiger partial charge in [-0.25, -0.2) is 0 Å². The van der Waals surface area contributed by atoms with Gasteiger partial charge in [-0.3, -0.25) is 15.0 Å². The Hall–Kier alpha value is -7.83. The summed E-state index contributed by atoms with van der Waals surface area (Å²) < 4.78 is 17.7. The van der Waals surface area contributed by atoms with Crippen LogP contribution in [0.15, 0.2) is 201 Å². The first-order valence-electron chi connectivity index (χ1n) is 42.1. The van der Waals surface area contributed by atoms with Gasteiger partial charge in [-0.05, 0) is 218 Å². The van der Waals surface area contributed by atoms with Crippen molar-refractivity contribution >= 4 is 0 Å². The fourth-order valence-corrected chi connectivity index (χ4v) is 13.4. The normalized spacial score (nSPS) is 11.0. The molecule has 564 valence electrons. The topological polar surface area (TPSA) is 66.4 Å². The molecule has 6 heteroatoms. The van der Waals surface area contributed by atoms with Crippen molar-refractivity contribution in [3.63, 3.8) is 0 Å². The van der Waals surface area contributed by atoms with Gasteiger partial charge in [0.15, 0.2) is 0 Å². The molecule has 0 amide bonds. The highest BCUT2D eigenvalue weighted by atomic mass is 16.5. The van der Waals surface area contributed by atoms with Crippen molar-refractivity contribution in [2.24, 2.45) is 0 Å². The summed E-state index contributed by atoms with van der Waals surface area (Å²) in [6.07, 6.45) is 54.7. The van der Waals surface area contributed by atoms with Gasteiger partial charge >= 0.3 is 0 Å². The van der Waals surface area contributed by atoms with Crippen LogP contribution in [0.5, 0.6) is 17.2 Å². The third-order valence-corrected chi connectivity index (χ3v) is 20.3. The van der Waals surface area contributed by atoms with Gasteiger partial charge in [0.1, 0.15) is 17.2 Å². The second-order valence-electron chi connectivity index (χ2n) is 29.4. The number of pyridine rings is 3.